The van der Waals surface area contributed by atoms with Crippen LogP contribution < -0.4 is 5.32 Å². The van der Waals surface area contributed by atoms with Gasteiger partial charge in [0.25, 0.3) is 0 Å². The zero-order chi connectivity index (χ0) is 19.6. The molecule has 0 aliphatic heterocycles. The number of amides is 1. The first-order chi connectivity index (χ1) is 13.0. The van der Waals surface area contributed by atoms with Gasteiger partial charge in [-0.3, -0.25) is 4.79 Å². The van der Waals surface area contributed by atoms with Crippen molar-refractivity contribution in [3.63, 3.8) is 0 Å². The second-order valence-electron chi connectivity index (χ2n) is 6.30. The molecule has 7 heteroatoms. The summed E-state index contributed by atoms with van der Waals surface area (Å²) in [6.45, 7) is 6.07. The Morgan fingerprint density at radius 1 is 1.22 bits per heavy atom. The average molecular weight is 375 g/mol. The zero-order valence-electron chi connectivity index (χ0n) is 15.4. The zero-order valence-corrected chi connectivity index (χ0v) is 15.4. The summed E-state index contributed by atoms with van der Waals surface area (Å²) in [6, 6.07) is 0. The minimum absolute atomic E-state index is 0.141. The van der Waals surface area contributed by atoms with Crippen molar-refractivity contribution in [1.82, 2.24) is 5.32 Å². The molecule has 0 bridgehead atoms. The number of carbonyl (C=O) groups is 2. The number of aliphatic carboxylic acids is 1. The molecule has 0 aliphatic rings. The third kappa shape index (κ3) is 6.36. The molecule has 2 aromatic heterocycles. The Morgan fingerprint density at radius 2 is 2.00 bits per heavy atom. The second-order valence-corrected chi connectivity index (χ2v) is 6.30. The second kappa shape index (κ2) is 10.3. The van der Waals surface area contributed by atoms with E-state index in [1.807, 2.05) is 6.92 Å². The van der Waals surface area contributed by atoms with Crippen molar-refractivity contribution in [2.24, 2.45) is 0 Å². The number of furan rings is 2. The first-order valence-corrected chi connectivity index (χ1v) is 8.87. The maximum Gasteiger partial charge on any atom is 0.407 e. The lowest BCUT2D eigenvalue weighted by atomic mass is 10.0. The van der Waals surface area contributed by atoms with Gasteiger partial charge in [0.15, 0.2) is 0 Å². The molecule has 0 saturated carbocycles. The fourth-order valence-corrected chi connectivity index (χ4v) is 2.73. The summed E-state index contributed by atoms with van der Waals surface area (Å²) in [5.74, 6) is -0.807. The van der Waals surface area contributed by atoms with Crippen molar-refractivity contribution in [3.05, 3.63) is 53.9 Å². The van der Waals surface area contributed by atoms with Crippen LogP contribution in [0.3, 0.4) is 0 Å². The van der Waals surface area contributed by atoms with E-state index >= 15 is 0 Å². The van der Waals surface area contributed by atoms with E-state index in [1.165, 1.54) is 0 Å². The van der Waals surface area contributed by atoms with Crippen LogP contribution in [0, 0.1) is 6.92 Å². The highest BCUT2D eigenvalue weighted by Gasteiger charge is 2.22. The fraction of sp³-hybridized carbons (Fsp3) is 0.400. The standard InChI is InChI=1S/C20H25NO6/c1-3-15-11-26-12-16(15)9-18(17-13-25-10-14(17)2)27-20(24)21-8-6-4-5-7-19(22)23/h3,10-13,18H,1,4-9H2,2H3,(H,21,24)(H,22,23). The van der Waals surface area contributed by atoms with Crippen molar-refractivity contribution >= 4 is 18.1 Å². The molecule has 146 valence electrons. The molecule has 2 aromatic rings. The molecule has 0 radical (unpaired) electrons. The number of carboxylic acids is 1. The molecule has 1 amide bonds. The number of rotatable bonds is 11. The summed E-state index contributed by atoms with van der Waals surface area (Å²) in [5.41, 5.74) is 3.42. The largest absolute Gasteiger partial charge is 0.481 e. The quantitative estimate of drug-likeness (QED) is 0.562. The first-order valence-electron chi connectivity index (χ1n) is 8.87. The van der Waals surface area contributed by atoms with Gasteiger partial charge in [-0.2, -0.15) is 0 Å². The molecule has 0 fully saturated rings. The van der Waals surface area contributed by atoms with Crippen molar-refractivity contribution in [2.75, 3.05) is 6.54 Å². The van der Waals surface area contributed by atoms with Crippen LogP contribution >= 0.6 is 0 Å². The number of alkyl carbamates (subject to hydrolysis) is 1. The third-order valence-corrected chi connectivity index (χ3v) is 4.23. The van der Waals surface area contributed by atoms with Gasteiger partial charge < -0.3 is 24.0 Å². The van der Waals surface area contributed by atoms with Gasteiger partial charge in [-0.15, -0.1) is 0 Å². The number of ether oxygens (including phenoxy) is 1. The number of hydrogen-bond acceptors (Lipinski definition) is 5. The molecule has 0 spiro atoms. The van der Waals surface area contributed by atoms with Crippen LogP contribution in [-0.2, 0) is 16.0 Å². The van der Waals surface area contributed by atoms with E-state index in [4.69, 9.17) is 18.7 Å². The Kier molecular flexibility index (Phi) is 7.73. The Balaban J connectivity index is 1.90. The van der Waals surface area contributed by atoms with Gasteiger partial charge in [-0.05, 0) is 25.3 Å². The van der Waals surface area contributed by atoms with Crippen molar-refractivity contribution < 1.29 is 28.3 Å². The van der Waals surface area contributed by atoms with E-state index in [1.54, 1.807) is 31.1 Å². The number of hydrogen-bond donors (Lipinski definition) is 2. The monoisotopic (exact) mass is 375 g/mol. The lowest BCUT2D eigenvalue weighted by Crippen LogP contribution is -2.27. The van der Waals surface area contributed by atoms with E-state index in [-0.39, 0.29) is 6.42 Å². The number of carboxylic acid groups (broad SMARTS) is 1. The Morgan fingerprint density at radius 3 is 2.67 bits per heavy atom. The van der Waals surface area contributed by atoms with Crippen LogP contribution in [0.1, 0.15) is 54.0 Å². The summed E-state index contributed by atoms with van der Waals surface area (Å²) in [6.07, 6.45) is 9.63. The molecule has 0 saturated heterocycles. The van der Waals surface area contributed by atoms with Crippen LogP contribution in [0.4, 0.5) is 4.79 Å². The molecule has 27 heavy (non-hydrogen) atoms. The Bertz CT molecular complexity index is 760. The maximum atomic E-state index is 12.2. The van der Waals surface area contributed by atoms with E-state index in [9.17, 15) is 9.59 Å². The summed E-state index contributed by atoms with van der Waals surface area (Å²) in [7, 11) is 0. The minimum Gasteiger partial charge on any atom is -0.481 e. The van der Waals surface area contributed by atoms with Crippen molar-refractivity contribution in [3.8, 4) is 0 Å². The molecular weight excluding hydrogens is 350 g/mol. The van der Waals surface area contributed by atoms with Crippen LogP contribution in [-0.4, -0.2) is 23.7 Å². The third-order valence-electron chi connectivity index (χ3n) is 4.23. The highest BCUT2D eigenvalue weighted by molar-refractivity contribution is 5.67. The molecule has 1 atom stereocenters. The number of carbonyl (C=O) groups excluding carboxylic acids is 1. The van der Waals surface area contributed by atoms with E-state index in [0.717, 1.165) is 28.7 Å². The summed E-state index contributed by atoms with van der Waals surface area (Å²) >= 11 is 0. The lowest BCUT2D eigenvalue weighted by Gasteiger charge is -2.18. The highest BCUT2D eigenvalue weighted by Crippen LogP contribution is 2.28. The molecular formula is C20H25NO6. The maximum absolute atomic E-state index is 12.2. The van der Waals surface area contributed by atoms with Gasteiger partial charge in [0, 0.05) is 36.1 Å². The van der Waals surface area contributed by atoms with E-state index in [0.29, 0.717) is 25.8 Å². The topological polar surface area (TPSA) is 102 Å². The molecule has 0 aromatic carbocycles. The van der Waals surface area contributed by atoms with Crippen molar-refractivity contribution in [1.29, 1.82) is 0 Å². The minimum atomic E-state index is -0.807. The molecule has 2 N–H and O–H groups in total. The smallest absolute Gasteiger partial charge is 0.407 e. The van der Waals surface area contributed by atoms with Crippen LogP contribution in [0.25, 0.3) is 6.08 Å². The number of nitrogens with one attached hydrogen (secondary N) is 1. The predicted molar refractivity (Wildman–Crippen MR) is 99.3 cm³/mol. The number of unbranched alkanes of at least 4 members (excludes halogenated alkanes) is 2. The average Bonchev–Trinajstić information content (AvgIpc) is 3.25. The normalized spacial score (nSPS) is 11.7. The van der Waals surface area contributed by atoms with Gasteiger partial charge >= 0.3 is 12.1 Å². The van der Waals surface area contributed by atoms with E-state index in [2.05, 4.69) is 11.9 Å². The van der Waals surface area contributed by atoms with Crippen LogP contribution in [0.2, 0.25) is 0 Å². The molecule has 0 aliphatic carbocycles. The Hall–Kier alpha value is -2.96. The predicted octanol–water partition coefficient (Wildman–Crippen LogP) is 4.48. The number of aryl methyl sites for hydroxylation is 1. The van der Waals surface area contributed by atoms with E-state index < -0.39 is 18.2 Å². The molecule has 1 unspecified atom stereocenters. The summed E-state index contributed by atoms with van der Waals surface area (Å²) in [4.78, 5) is 22.6. The van der Waals surface area contributed by atoms with Crippen LogP contribution in [0.5, 0.6) is 0 Å². The summed E-state index contributed by atoms with van der Waals surface area (Å²) < 4.78 is 16.1. The molecule has 2 rings (SSSR count). The van der Waals surface area contributed by atoms with Gasteiger partial charge in [0.05, 0.1) is 25.1 Å². The fourth-order valence-electron chi connectivity index (χ4n) is 2.73. The SMILES string of the molecule is C=Cc1cocc1CC(OC(=O)NCCCCCC(=O)O)c1cocc1C. The molecule has 7 nitrogen and oxygen atoms in total. The van der Waals surface area contributed by atoms with Crippen LogP contribution in [0.15, 0.2) is 40.5 Å². The van der Waals surface area contributed by atoms with Gasteiger partial charge in [0.2, 0.25) is 0 Å². The van der Waals surface area contributed by atoms with Crippen molar-refractivity contribution in [2.45, 2.75) is 45.1 Å². The lowest BCUT2D eigenvalue weighted by molar-refractivity contribution is -0.137. The summed E-state index contributed by atoms with van der Waals surface area (Å²) in [5, 5.41) is 11.3. The molecule has 2 heterocycles. The van der Waals surface area contributed by atoms with Gasteiger partial charge in [-0.25, -0.2) is 4.79 Å². The Labute approximate surface area is 158 Å². The highest BCUT2D eigenvalue weighted by atomic mass is 16.6. The van der Waals surface area contributed by atoms with Gasteiger partial charge in [-0.1, -0.05) is 19.1 Å². The van der Waals surface area contributed by atoms with Gasteiger partial charge in [0.1, 0.15) is 6.10 Å². The first kappa shape index (κ1) is 20.4.